The van der Waals surface area contributed by atoms with Gasteiger partial charge in [-0.3, -0.25) is 9.59 Å². The van der Waals surface area contributed by atoms with E-state index in [9.17, 15) is 19.5 Å². The van der Waals surface area contributed by atoms with Crippen molar-refractivity contribution in [2.75, 3.05) is 13.2 Å². The van der Waals surface area contributed by atoms with Gasteiger partial charge in [0.2, 0.25) is 5.91 Å². The molecule has 1 aliphatic rings. The highest BCUT2D eigenvalue weighted by atomic mass is 79.9. The third kappa shape index (κ3) is 3.65. The summed E-state index contributed by atoms with van der Waals surface area (Å²) in [5.41, 5.74) is -1.41. The van der Waals surface area contributed by atoms with Crippen LogP contribution in [0.5, 0.6) is 0 Å². The molecule has 120 valence electrons. The lowest BCUT2D eigenvalue weighted by Gasteiger charge is -2.25. The van der Waals surface area contributed by atoms with Crippen LogP contribution in [0, 0.1) is 0 Å². The number of carbonyl (C=O) groups excluding carboxylic acids is 2. The largest absolute Gasteiger partial charge is 0.479 e. The molecule has 1 aromatic heterocycles. The van der Waals surface area contributed by atoms with Crippen LogP contribution in [0.15, 0.2) is 15.9 Å². The Hall–Kier alpha value is -1.45. The molecule has 0 radical (unpaired) electrons. The Labute approximate surface area is 139 Å². The summed E-state index contributed by atoms with van der Waals surface area (Å²) >= 11 is 4.50. The molecule has 7 nitrogen and oxygen atoms in total. The Morgan fingerprint density at radius 3 is 2.68 bits per heavy atom. The van der Waals surface area contributed by atoms with Crippen LogP contribution in [-0.2, 0) is 14.3 Å². The normalized spacial score (nSPS) is 22.1. The molecule has 0 aliphatic carbocycles. The fourth-order valence-corrected chi connectivity index (χ4v) is 3.29. The molecule has 0 bridgehead atoms. The summed E-state index contributed by atoms with van der Waals surface area (Å²) in [6.07, 6.45) is 0.201. The van der Waals surface area contributed by atoms with Crippen molar-refractivity contribution in [1.29, 1.82) is 0 Å². The van der Waals surface area contributed by atoms with E-state index in [1.165, 1.54) is 18.3 Å². The van der Waals surface area contributed by atoms with E-state index in [0.717, 1.165) is 3.79 Å². The third-order valence-corrected chi connectivity index (χ3v) is 4.95. The van der Waals surface area contributed by atoms with Gasteiger partial charge in [-0.05, 0) is 35.0 Å². The van der Waals surface area contributed by atoms with Gasteiger partial charge in [0.05, 0.1) is 15.3 Å². The monoisotopic (exact) mass is 390 g/mol. The Morgan fingerprint density at radius 1 is 1.45 bits per heavy atom. The van der Waals surface area contributed by atoms with Crippen LogP contribution in [0.4, 0.5) is 0 Å². The number of thiophene rings is 1. The minimum absolute atomic E-state index is 0.0768. The zero-order chi connectivity index (χ0) is 16.3. The maximum Gasteiger partial charge on any atom is 0.331 e. The van der Waals surface area contributed by atoms with Crippen molar-refractivity contribution in [1.82, 2.24) is 10.6 Å². The highest BCUT2D eigenvalue weighted by molar-refractivity contribution is 9.11. The highest BCUT2D eigenvalue weighted by Gasteiger charge is 2.44. The van der Waals surface area contributed by atoms with Gasteiger partial charge < -0.3 is 20.5 Å². The van der Waals surface area contributed by atoms with Gasteiger partial charge >= 0.3 is 5.97 Å². The second kappa shape index (κ2) is 6.76. The first-order chi connectivity index (χ1) is 10.3. The molecule has 22 heavy (non-hydrogen) atoms. The number of ether oxygens (including phenoxy) is 1. The fraction of sp³-hybridized carbons (Fsp3) is 0.462. The van der Waals surface area contributed by atoms with Crippen molar-refractivity contribution in [3.05, 3.63) is 20.8 Å². The molecule has 2 amide bonds. The minimum atomic E-state index is -1.41. The topological polar surface area (TPSA) is 105 Å². The van der Waals surface area contributed by atoms with Crippen molar-refractivity contribution in [3.8, 4) is 0 Å². The standard InChI is InChI=1S/C13H15BrN2O5S/c1-7(15-11(18)8-2-3-9(14)22-8)10(17)16-13(12(19)20)4-5-21-6-13/h2-3,7H,4-6H2,1H3,(H,15,18)(H,16,17)(H,19,20). The fourth-order valence-electron chi connectivity index (χ4n) is 2.00. The van der Waals surface area contributed by atoms with Crippen LogP contribution in [0.2, 0.25) is 0 Å². The molecular weight excluding hydrogens is 376 g/mol. The SMILES string of the molecule is CC(NC(=O)c1ccc(Br)s1)C(=O)NC1(C(=O)O)CCOC1. The van der Waals surface area contributed by atoms with Crippen LogP contribution in [-0.4, -0.2) is 47.7 Å². The smallest absolute Gasteiger partial charge is 0.331 e. The minimum Gasteiger partial charge on any atom is -0.479 e. The Balaban J connectivity index is 1.97. The second-order valence-corrected chi connectivity index (χ2v) is 7.44. The molecule has 2 heterocycles. The predicted octanol–water partition coefficient (Wildman–Crippen LogP) is 0.989. The van der Waals surface area contributed by atoms with E-state index in [4.69, 9.17) is 4.74 Å². The van der Waals surface area contributed by atoms with Gasteiger partial charge in [0.25, 0.3) is 5.91 Å². The average molecular weight is 391 g/mol. The highest BCUT2D eigenvalue weighted by Crippen LogP contribution is 2.22. The molecule has 1 fully saturated rings. The number of hydrogen-bond acceptors (Lipinski definition) is 5. The summed E-state index contributed by atoms with van der Waals surface area (Å²) in [5.74, 6) is -2.08. The molecule has 1 aromatic rings. The van der Waals surface area contributed by atoms with Gasteiger partial charge in [0.1, 0.15) is 6.04 Å². The first-order valence-electron chi connectivity index (χ1n) is 6.53. The van der Waals surface area contributed by atoms with Gasteiger partial charge in [-0.15, -0.1) is 11.3 Å². The molecule has 2 unspecified atom stereocenters. The van der Waals surface area contributed by atoms with Crippen LogP contribution >= 0.6 is 27.3 Å². The van der Waals surface area contributed by atoms with Crippen LogP contribution in [0.3, 0.4) is 0 Å². The summed E-state index contributed by atoms with van der Waals surface area (Å²) in [4.78, 5) is 35.9. The molecule has 2 rings (SSSR count). The molecule has 1 saturated heterocycles. The van der Waals surface area contributed by atoms with E-state index in [1.807, 2.05) is 0 Å². The molecule has 2 atom stereocenters. The molecule has 9 heteroatoms. The summed E-state index contributed by atoms with van der Waals surface area (Å²) in [5, 5.41) is 14.3. The van der Waals surface area contributed by atoms with Crippen molar-refractivity contribution in [2.24, 2.45) is 0 Å². The van der Waals surface area contributed by atoms with Crippen LogP contribution in [0.1, 0.15) is 23.0 Å². The molecule has 3 N–H and O–H groups in total. The molecular formula is C13H15BrN2O5S. The number of rotatable bonds is 5. The number of aliphatic carboxylic acids is 1. The van der Waals surface area contributed by atoms with Gasteiger partial charge in [-0.2, -0.15) is 0 Å². The number of carboxylic acid groups (broad SMARTS) is 1. The van der Waals surface area contributed by atoms with Gasteiger partial charge in [0.15, 0.2) is 5.54 Å². The zero-order valence-electron chi connectivity index (χ0n) is 11.7. The number of halogens is 1. The van der Waals surface area contributed by atoms with E-state index in [1.54, 1.807) is 12.1 Å². The van der Waals surface area contributed by atoms with Gasteiger partial charge in [0, 0.05) is 13.0 Å². The molecule has 0 aromatic carbocycles. The van der Waals surface area contributed by atoms with Crippen molar-refractivity contribution in [2.45, 2.75) is 24.9 Å². The molecule has 0 saturated carbocycles. The Bertz CT molecular complexity index is 597. The Kier molecular flexibility index (Phi) is 5.20. The second-order valence-electron chi connectivity index (χ2n) is 4.98. The summed E-state index contributed by atoms with van der Waals surface area (Å²) < 4.78 is 5.88. The lowest BCUT2D eigenvalue weighted by molar-refractivity contribution is -0.147. The number of hydrogen-bond donors (Lipinski definition) is 3. The molecule has 0 spiro atoms. The lowest BCUT2D eigenvalue weighted by atomic mass is 9.98. The zero-order valence-corrected chi connectivity index (χ0v) is 14.1. The van der Waals surface area contributed by atoms with E-state index in [2.05, 4.69) is 26.6 Å². The average Bonchev–Trinajstić information content (AvgIpc) is 3.08. The summed E-state index contributed by atoms with van der Waals surface area (Å²) in [7, 11) is 0. The van der Waals surface area contributed by atoms with Crippen molar-refractivity contribution >= 4 is 45.1 Å². The number of amides is 2. The van der Waals surface area contributed by atoms with Crippen molar-refractivity contribution < 1.29 is 24.2 Å². The predicted molar refractivity (Wildman–Crippen MR) is 82.9 cm³/mol. The molecule has 1 aliphatic heterocycles. The first-order valence-corrected chi connectivity index (χ1v) is 8.14. The quantitative estimate of drug-likeness (QED) is 0.695. The van der Waals surface area contributed by atoms with E-state index >= 15 is 0 Å². The van der Waals surface area contributed by atoms with Crippen LogP contribution in [0.25, 0.3) is 0 Å². The third-order valence-electron chi connectivity index (χ3n) is 3.33. The maximum absolute atomic E-state index is 12.1. The van der Waals surface area contributed by atoms with E-state index in [-0.39, 0.29) is 25.5 Å². The van der Waals surface area contributed by atoms with Crippen LogP contribution < -0.4 is 10.6 Å². The maximum atomic E-state index is 12.1. The summed E-state index contributed by atoms with van der Waals surface area (Å²) in [6.45, 7) is 1.70. The van der Waals surface area contributed by atoms with E-state index < -0.39 is 23.5 Å². The van der Waals surface area contributed by atoms with E-state index in [0.29, 0.717) is 4.88 Å². The lowest BCUT2D eigenvalue weighted by Crippen LogP contribution is -2.59. The first kappa shape index (κ1) is 16.9. The number of nitrogens with one attached hydrogen (secondary N) is 2. The van der Waals surface area contributed by atoms with Crippen molar-refractivity contribution in [3.63, 3.8) is 0 Å². The summed E-state index contributed by atoms with van der Waals surface area (Å²) in [6, 6.07) is 2.52. The number of carboxylic acids is 1. The Morgan fingerprint density at radius 2 is 2.18 bits per heavy atom. The van der Waals surface area contributed by atoms with Gasteiger partial charge in [-0.25, -0.2) is 4.79 Å². The van der Waals surface area contributed by atoms with Gasteiger partial charge in [-0.1, -0.05) is 0 Å². The number of carbonyl (C=O) groups is 3.